The van der Waals surface area contributed by atoms with Gasteiger partial charge in [0.05, 0.1) is 6.61 Å². The monoisotopic (exact) mass is 484 g/mol. The lowest BCUT2D eigenvalue weighted by molar-refractivity contribution is -0.204. The third-order valence-electron chi connectivity index (χ3n) is 4.22. The molecule has 1 unspecified atom stereocenters. The Balaban J connectivity index is 1.95. The number of benzene rings is 1. The van der Waals surface area contributed by atoms with E-state index in [0.717, 1.165) is 6.04 Å². The number of cyclic esters (lactones) is 2. The SMILES string of the molecule is CC(COc1ccc(C2OC(=O)CC(=O)O2)cc1)C[Si](C)(O[Si](C)(C)C)O[Si](C)(C)C. The van der Waals surface area contributed by atoms with Crippen molar-refractivity contribution in [1.82, 2.24) is 0 Å². The lowest BCUT2D eigenvalue weighted by Gasteiger charge is -2.39. The van der Waals surface area contributed by atoms with Gasteiger partial charge >= 0.3 is 20.5 Å². The summed E-state index contributed by atoms with van der Waals surface area (Å²) in [5.74, 6) is -0.193. The first-order valence-electron chi connectivity index (χ1n) is 10.7. The summed E-state index contributed by atoms with van der Waals surface area (Å²) in [5, 5.41) is 0. The van der Waals surface area contributed by atoms with E-state index in [1.54, 1.807) is 24.3 Å². The number of hydrogen-bond donors (Lipinski definition) is 0. The van der Waals surface area contributed by atoms with E-state index in [4.69, 9.17) is 22.4 Å². The molecule has 0 saturated carbocycles. The minimum absolute atomic E-state index is 0.268. The fourth-order valence-corrected chi connectivity index (χ4v) is 16.6. The number of ether oxygens (including phenoxy) is 3. The van der Waals surface area contributed by atoms with Gasteiger partial charge in [0.2, 0.25) is 0 Å². The van der Waals surface area contributed by atoms with Gasteiger partial charge in [0.15, 0.2) is 16.6 Å². The first kappa shape index (κ1) is 25.8. The molecule has 0 aliphatic carbocycles. The van der Waals surface area contributed by atoms with Crippen molar-refractivity contribution in [3.63, 3.8) is 0 Å². The molecule has 0 spiro atoms. The predicted octanol–water partition coefficient (Wildman–Crippen LogP) is 4.97. The molecule has 7 nitrogen and oxygen atoms in total. The summed E-state index contributed by atoms with van der Waals surface area (Å²) in [6.45, 7) is 18.1. The first-order valence-corrected chi connectivity index (χ1v) is 20.0. The number of rotatable bonds is 10. The van der Waals surface area contributed by atoms with Crippen molar-refractivity contribution in [2.45, 2.75) is 71.5 Å². The molecule has 10 heteroatoms. The van der Waals surface area contributed by atoms with Gasteiger partial charge in [-0.3, -0.25) is 9.59 Å². The number of carbonyl (C=O) groups excluding carboxylic acids is 2. The normalized spacial score (nSPS) is 17.2. The van der Waals surface area contributed by atoms with E-state index in [-0.39, 0.29) is 12.3 Å². The number of carbonyl (C=O) groups is 2. The zero-order chi connectivity index (χ0) is 23.4. The van der Waals surface area contributed by atoms with Crippen LogP contribution in [-0.4, -0.2) is 43.7 Å². The van der Waals surface area contributed by atoms with Gasteiger partial charge in [-0.25, -0.2) is 0 Å². The summed E-state index contributed by atoms with van der Waals surface area (Å²) in [6, 6.07) is 7.90. The second kappa shape index (κ2) is 9.99. The van der Waals surface area contributed by atoms with Gasteiger partial charge < -0.3 is 22.4 Å². The van der Waals surface area contributed by atoms with Crippen LogP contribution in [0.1, 0.15) is 25.2 Å². The largest absolute Gasteiger partial charge is 0.493 e. The molecule has 0 radical (unpaired) electrons. The van der Waals surface area contributed by atoms with Gasteiger partial charge in [-0.1, -0.05) is 6.92 Å². The summed E-state index contributed by atoms with van der Waals surface area (Å²) in [7, 11) is -5.78. The van der Waals surface area contributed by atoms with Gasteiger partial charge in [-0.2, -0.15) is 0 Å². The highest BCUT2D eigenvalue weighted by Gasteiger charge is 2.41. The lowest BCUT2D eigenvalue weighted by atomic mass is 10.2. The van der Waals surface area contributed by atoms with Crippen molar-refractivity contribution in [1.29, 1.82) is 0 Å². The van der Waals surface area contributed by atoms with E-state index in [2.05, 4.69) is 52.8 Å². The van der Waals surface area contributed by atoms with Crippen molar-refractivity contribution in [2.24, 2.45) is 5.92 Å². The molecule has 1 fully saturated rings. The van der Waals surface area contributed by atoms with Crippen molar-refractivity contribution in [2.75, 3.05) is 6.61 Å². The van der Waals surface area contributed by atoms with E-state index in [9.17, 15) is 9.59 Å². The maximum Gasteiger partial charge on any atom is 0.320 e. The smallest absolute Gasteiger partial charge is 0.320 e. The first-order chi connectivity index (χ1) is 14.1. The van der Waals surface area contributed by atoms with E-state index in [0.29, 0.717) is 17.9 Å². The molecular weight excluding hydrogens is 448 g/mol. The Bertz CT molecular complexity index is 737. The Kier molecular flexibility index (Phi) is 8.31. The van der Waals surface area contributed by atoms with Gasteiger partial charge in [-0.05, 0) is 82.1 Å². The van der Waals surface area contributed by atoms with Crippen molar-refractivity contribution >= 4 is 37.1 Å². The summed E-state index contributed by atoms with van der Waals surface area (Å²) in [6.07, 6.45) is -1.34. The zero-order valence-electron chi connectivity index (χ0n) is 19.9. The molecule has 1 aromatic rings. The number of hydrogen-bond acceptors (Lipinski definition) is 7. The summed E-state index contributed by atoms with van der Waals surface area (Å²) < 4.78 is 29.3. The van der Waals surface area contributed by atoms with E-state index in [1.165, 1.54) is 0 Å². The van der Waals surface area contributed by atoms with Crippen LogP contribution in [0.4, 0.5) is 0 Å². The third kappa shape index (κ3) is 9.28. The van der Waals surface area contributed by atoms with Gasteiger partial charge in [0, 0.05) is 5.56 Å². The second-order valence-corrected chi connectivity index (χ2v) is 23.0. The standard InChI is InChI=1S/C21H36O7Si3/c1-16(15-31(8,27-29(2,3)4)28-30(5,6)7)14-24-18-11-9-17(10-12-18)21-25-19(22)13-20(23)26-21/h9-12,16,21H,13-15H2,1-8H3. The third-order valence-corrected chi connectivity index (χ3v) is 14.0. The molecule has 1 aliphatic heterocycles. The molecule has 1 aliphatic rings. The molecule has 0 amide bonds. The topological polar surface area (TPSA) is 80.3 Å². The quantitative estimate of drug-likeness (QED) is 0.264. The van der Waals surface area contributed by atoms with Crippen molar-refractivity contribution in [3.8, 4) is 5.75 Å². The van der Waals surface area contributed by atoms with Gasteiger partial charge in [0.25, 0.3) is 6.29 Å². The molecule has 174 valence electrons. The summed E-state index contributed by atoms with van der Waals surface area (Å²) in [4.78, 5) is 22.9. The average Bonchev–Trinajstić information content (AvgIpc) is 2.55. The molecule has 1 atom stereocenters. The molecule has 1 aromatic carbocycles. The average molecular weight is 485 g/mol. The van der Waals surface area contributed by atoms with E-state index < -0.39 is 43.4 Å². The highest BCUT2D eigenvalue weighted by molar-refractivity contribution is 6.87. The Hall–Kier alpha value is -1.47. The van der Waals surface area contributed by atoms with Crippen LogP contribution < -0.4 is 4.74 Å². The lowest BCUT2D eigenvalue weighted by Crippen LogP contribution is -2.53. The van der Waals surface area contributed by atoms with Crippen LogP contribution in [0.5, 0.6) is 5.75 Å². The Morgan fingerprint density at radius 1 is 0.903 bits per heavy atom. The molecule has 1 heterocycles. The second-order valence-electron chi connectivity index (χ2n) is 10.2. The summed E-state index contributed by atoms with van der Waals surface area (Å²) >= 11 is 0. The fourth-order valence-electron chi connectivity index (χ4n) is 3.65. The van der Waals surface area contributed by atoms with Crippen molar-refractivity contribution < 1.29 is 32.0 Å². The van der Waals surface area contributed by atoms with Crippen LogP contribution >= 0.6 is 0 Å². The summed E-state index contributed by atoms with van der Waals surface area (Å²) in [5.41, 5.74) is 0.592. The minimum Gasteiger partial charge on any atom is -0.493 e. The molecule has 2 rings (SSSR count). The van der Waals surface area contributed by atoms with E-state index in [1.807, 2.05) is 0 Å². The van der Waals surface area contributed by atoms with Crippen LogP contribution in [0.3, 0.4) is 0 Å². The predicted molar refractivity (Wildman–Crippen MR) is 126 cm³/mol. The van der Waals surface area contributed by atoms with Crippen LogP contribution in [0, 0.1) is 5.92 Å². The van der Waals surface area contributed by atoms with Gasteiger partial charge in [0.1, 0.15) is 12.2 Å². The maximum atomic E-state index is 11.4. The Morgan fingerprint density at radius 2 is 1.39 bits per heavy atom. The highest BCUT2D eigenvalue weighted by atomic mass is 28.5. The highest BCUT2D eigenvalue weighted by Crippen LogP contribution is 2.29. The molecule has 0 aromatic heterocycles. The maximum absolute atomic E-state index is 11.4. The minimum atomic E-state index is -2.32. The fraction of sp³-hybridized carbons (Fsp3) is 0.619. The molecular formula is C21H36O7Si3. The van der Waals surface area contributed by atoms with Crippen LogP contribution in [0.15, 0.2) is 24.3 Å². The molecule has 0 N–H and O–H groups in total. The van der Waals surface area contributed by atoms with Crippen LogP contribution in [0.2, 0.25) is 51.9 Å². The molecule has 1 saturated heterocycles. The van der Waals surface area contributed by atoms with E-state index >= 15 is 0 Å². The Labute approximate surface area is 188 Å². The number of esters is 2. The molecule has 0 bridgehead atoms. The Morgan fingerprint density at radius 3 is 1.84 bits per heavy atom. The van der Waals surface area contributed by atoms with Crippen LogP contribution in [0.25, 0.3) is 0 Å². The zero-order valence-corrected chi connectivity index (χ0v) is 22.9. The van der Waals surface area contributed by atoms with Gasteiger partial charge in [-0.15, -0.1) is 0 Å². The molecule has 31 heavy (non-hydrogen) atoms. The van der Waals surface area contributed by atoms with Crippen LogP contribution in [-0.2, 0) is 27.3 Å². The van der Waals surface area contributed by atoms with Crippen molar-refractivity contribution in [3.05, 3.63) is 29.8 Å².